The lowest BCUT2D eigenvalue weighted by molar-refractivity contribution is -0.131. The molecule has 1 aliphatic heterocycles. The van der Waals surface area contributed by atoms with Crippen LogP contribution in [0.4, 0.5) is 10.1 Å². The van der Waals surface area contributed by atoms with E-state index in [0.29, 0.717) is 43.2 Å². The quantitative estimate of drug-likeness (QED) is 0.568. The molecule has 32 heavy (non-hydrogen) atoms. The fraction of sp³-hybridized carbons (Fsp3) is 0.292. The van der Waals surface area contributed by atoms with E-state index in [2.05, 4.69) is 10.00 Å². The molecule has 0 bridgehead atoms. The molecule has 2 aromatic carbocycles. The zero-order valence-corrected chi connectivity index (χ0v) is 18.3. The number of halogens is 2. The molecule has 1 amide bonds. The first-order chi connectivity index (χ1) is 15.5. The average molecular weight is 455 g/mol. The smallest absolute Gasteiger partial charge is 0.266 e. The van der Waals surface area contributed by atoms with Gasteiger partial charge in [0.1, 0.15) is 5.82 Å². The molecule has 0 radical (unpaired) electrons. The Labute approximate surface area is 190 Å². The van der Waals surface area contributed by atoms with Crippen molar-refractivity contribution >= 4 is 23.2 Å². The van der Waals surface area contributed by atoms with Crippen molar-refractivity contribution in [2.24, 2.45) is 0 Å². The second-order valence-corrected chi connectivity index (χ2v) is 8.12. The third-order valence-electron chi connectivity index (χ3n) is 5.59. The highest BCUT2D eigenvalue weighted by molar-refractivity contribution is 6.33. The lowest BCUT2D eigenvalue weighted by Gasteiger charge is -2.36. The third-order valence-corrected chi connectivity index (χ3v) is 5.91. The molecule has 166 valence electrons. The molecule has 6 nitrogen and oxygen atoms in total. The summed E-state index contributed by atoms with van der Waals surface area (Å²) in [6.45, 7) is 3.09. The van der Waals surface area contributed by atoms with Crippen LogP contribution in [0.3, 0.4) is 0 Å². The van der Waals surface area contributed by atoms with Gasteiger partial charge in [-0.3, -0.25) is 9.59 Å². The van der Waals surface area contributed by atoms with Crippen LogP contribution in [0.2, 0.25) is 5.02 Å². The van der Waals surface area contributed by atoms with Crippen LogP contribution in [-0.2, 0) is 11.3 Å². The molecule has 3 aromatic rings. The van der Waals surface area contributed by atoms with Gasteiger partial charge in [-0.2, -0.15) is 5.10 Å². The molecule has 0 saturated carbocycles. The van der Waals surface area contributed by atoms with E-state index in [-0.39, 0.29) is 17.3 Å². The molecule has 0 unspecified atom stereocenters. The van der Waals surface area contributed by atoms with Crippen molar-refractivity contribution in [3.8, 4) is 11.3 Å². The zero-order valence-electron chi connectivity index (χ0n) is 17.6. The van der Waals surface area contributed by atoms with Crippen molar-refractivity contribution in [1.82, 2.24) is 14.7 Å². The summed E-state index contributed by atoms with van der Waals surface area (Å²) in [5.41, 5.74) is 2.09. The summed E-state index contributed by atoms with van der Waals surface area (Å²) < 4.78 is 14.5. The predicted molar refractivity (Wildman–Crippen MR) is 123 cm³/mol. The molecule has 0 aliphatic carbocycles. The maximum atomic E-state index is 13.1. The standard InChI is InChI=1S/C24H24ClFN4O2/c25-20-4-1-2-5-22(20)28-14-16-29(17-15-28)23(31)6-3-13-30-24(32)12-11-21(27-30)18-7-9-19(26)10-8-18/h1-2,4-5,7-12H,3,6,13-17H2. The molecule has 0 N–H and O–H groups in total. The summed E-state index contributed by atoms with van der Waals surface area (Å²) >= 11 is 6.28. The van der Waals surface area contributed by atoms with Gasteiger partial charge < -0.3 is 9.80 Å². The number of nitrogens with zero attached hydrogens (tertiary/aromatic N) is 4. The SMILES string of the molecule is O=C(CCCn1nc(-c2ccc(F)cc2)ccc1=O)N1CCN(c2ccccc2Cl)CC1. The second-order valence-electron chi connectivity index (χ2n) is 7.71. The largest absolute Gasteiger partial charge is 0.367 e. The second kappa shape index (κ2) is 9.96. The fourth-order valence-corrected chi connectivity index (χ4v) is 4.08. The Morgan fingerprint density at radius 3 is 2.41 bits per heavy atom. The first kappa shape index (κ1) is 22.0. The predicted octanol–water partition coefficient (Wildman–Crippen LogP) is 3.83. The molecule has 1 aromatic heterocycles. The Balaban J connectivity index is 1.30. The van der Waals surface area contributed by atoms with Crippen molar-refractivity contribution in [2.45, 2.75) is 19.4 Å². The van der Waals surface area contributed by atoms with Crippen LogP contribution in [0.5, 0.6) is 0 Å². The molecule has 1 aliphatic rings. The van der Waals surface area contributed by atoms with Crippen LogP contribution in [0.15, 0.2) is 65.5 Å². The van der Waals surface area contributed by atoms with Crippen molar-refractivity contribution in [3.05, 3.63) is 81.9 Å². The third kappa shape index (κ3) is 5.16. The normalized spacial score (nSPS) is 13.9. The van der Waals surface area contributed by atoms with E-state index in [1.54, 1.807) is 18.2 Å². The number of hydrogen-bond donors (Lipinski definition) is 0. The molecule has 1 saturated heterocycles. The minimum atomic E-state index is -0.326. The number of para-hydroxylation sites is 1. The number of rotatable bonds is 6. The maximum absolute atomic E-state index is 13.1. The summed E-state index contributed by atoms with van der Waals surface area (Å²) in [7, 11) is 0. The van der Waals surface area contributed by atoms with E-state index in [1.807, 2.05) is 29.2 Å². The van der Waals surface area contributed by atoms with Gasteiger partial charge in [-0.15, -0.1) is 0 Å². The number of anilines is 1. The fourth-order valence-electron chi connectivity index (χ4n) is 3.83. The van der Waals surface area contributed by atoms with Crippen LogP contribution in [0.1, 0.15) is 12.8 Å². The summed E-state index contributed by atoms with van der Waals surface area (Å²) in [6, 6.07) is 16.8. The average Bonchev–Trinajstić information content (AvgIpc) is 2.81. The number of benzene rings is 2. The lowest BCUT2D eigenvalue weighted by Crippen LogP contribution is -2.48. The molecular formula is C24H24ClFN4O2. The highest BCUT2D eigenvalue weighted by atomic mass is 35.5. The summed E-state index contributed by atoms with van der Waals surface area (Å²) in [5.74, 6) is -0.250. The summed E-state index contributed by atoms with van der Waals surface area (Å²) in [6.07, 6.45) is 0.865. The van der Waals surface area contributed by atoms with Crippen LogP contribution in [-0.4, -0.2) is 46.8 Å². The van der Waals surface area contributed by atoms with Crippen LogP contribution >= 0.6 is 11.6 Å². The Morgan fingerprint density at radius 2 is 1.69 bits per heavy atom. The van der Waals surface area contributed by atoms with E-state index >= 15 is 0 Å². The Hall–Kier alpha value is -3.19. The van der Waals surface area contributed by atoms with Gasteiger partial charge >= 0.3 is 0 Å². The Morgan fingerprint density at radius 1 is 0.969 bits per heavy atom. The molecule has 8 heteroatoms. The van der Waals surface area contributed by atoms with E-state index in [1.165, 1.54) is 22.9 Å². The first-order valence-corrected chi connectivity index (χ1v) is 11.0. The van der Waals surface area contributed by atoms with Gasteiger partial charge in [-0.25, -0.2) is 9.07 Å². The van der Waals surface area contributed by atoms with Gasteiger partial charge in [-0.1, -0.05) is 23.7 Å². The van der Waals surface area contributed by atoms with E-state index in [9.17, 15) is 14.0 Å². The number of aryl methyl sites for hydroxylation is 1. The topological polar surface area (TPSA) is 58.4 Å². The molecule has 0 spiro atoms. The molecule has 1 fully saturated rings. The van der Waals surface area contributed by atoms with Gasteiger partial charge in [-0.05, 0) is 48.9 Å². The monoisotopic (exact) mass is 454 g/mol. The number of piperazine rings is 1. The molecule has 2 heterocycles. The van der Waals surface area contributed by atoms with Gasteiger partial charge in [0.05, 0.1) is 16.4 Å². The van der Waals surface area contributed by atoms with Gasteiger partial charge in [0.2, 0.25) is 5.91 Å². The van der Waals surface area contributed by atoms with Gasteiger partial charge in [0.15, 0.2) is 0 Å². The van der Waals surface area contributed by atoms with Gasteiger partial charge in [0.25, 0.3) is 5.56 Å². The molecule has 0 atom stereocenters. The Kier molecular flexibility index (Phi) is 6.85. The van der Waals surface area contributed by atoms with Crippen molar-refractivity contribution < 1.29 is 9.18 Å². The van der Waals surface area contributed by atoms with Crippen LogP contribution in [0.25, 0.3) is 11.3 Å². The van der Waals surface area contributed by atoms with Crippen molar-refractivity contribution in [3.63, 3.8) is 0 Å². The maximum Gasteiger partial charge on any atom is 0.266 e. The number of amides is 1. The summed E-state index contributed by atoms with van der Waals surface area (Å²) in [5, 5.41) is 5.09. The minimum Gasteiger partial charge on any atom is -0.367 e. The highest BCUT2D eigenvalue weighted by Gasteiger charge is 2.22. The minimum absolute atomic E-state index is 0.0755. The lowest BCUT2D eigenvalue weighted by atomic mass is 10.1. The zero-order chi connectivity index (χ0) is 22.5. The summed E-state index contributed by atoms with van der Waals surface area (Å²) in [4.78, 5) is 28.9. The molecule has 4 rings (SSSR count). The van der Waals surface area contributed by atoms with Crippen molar-refractivity contribution in [2.75, 3.05) is 31.1 Å². The van der Waals surface area contributed by atoms with Crippen LogP contribution < -0.4 is 10.5 Å². The number of carbonyl (C=O) groups is 1. The van der Waals surface area contributed by atoms with Crippen LogP contribution in [0, 0.1) is 5.82 Å². The first-order valence-electron chi connectivity index (χ1n) is 10.6. The molecular weight excluding hydrogens is 431 g/mol. The van der Waals surface area contributed by atoms with E-state index in [0.717, 1.165) is 24.3 Å². The number of hydrogen-bond acceptors (Lipinski definition) is 4. The number of carbonyl (C=O) groups excluding carboxylic acids is 1. The van der Waals surface area contributed by atoms with Gasteiger partial charge in [0, 0.05) is 50.8 Å². The Bertz CT molecular complexity index is 1140. The van der Waals surface area contributed by atoms with Crippen molar-refractivity contribution in [1.29, 1.82) is 0 Å². The van der Waals surface area contributed by atoms with E-state index in [4.69, 9.17) is 11.6 Å². The number of aromatic nitrogens is 2. The highest BCUT2D eigenvalue weighted by Crippen LogP contribution is 2.26. The van der Waals surface area contributed by atoms with E-state index < -0.39 is 0 Å².